The molecule has 4 rings (SSSR count). The van der Waals surface area contributed by atoms with E-state index in [1.54, 1.807) is 14.2 Å². The van der Waals surface area contributed by atoms with Crippen LogP contribution < -0.4 is 14.4 Å². The minimum atomic E-state index is 0.243. The lowest BCUT2D eigenvalue weighted by Crippen LogP contribution is -2.54. The van der Waals surface area contributed by atoms with Crippen molar-refractivity contribution in [2.75, 3.05) is 19.1 Å². The molecule has 0 spiro atoms. The second kappa shape index (κ2) is 9.31. The number of thiocarbonyl (C=S) groups is 1. The molecule has 1 fully saturated rings. The van der Waals surface area contributed by atoms with Gasteiger partial charge in [0.15, 0.2) is 0 Å². The lowest BCUT2D eigenvalue weighted by atomic mass is 9.79. The molecular formula is C26H27NO2S. The van der Waals surface area contributed by atoms with Crippen molar-refractivity contribution in [2.45, 2.75) is 25.3 Å². The van der Waals surface area contributed by atoms with Crippen LogP contribution in [-0.2, 0) is 6.42 Å². The molecule has 0 aromatic heterocycles. The topological polar surface area (TPSA) is 21.7 Å². The Morgan fingerprint density at radius 3 is 2.00 bits per heavy atom. The largest absolute Gasteiger partial charge is 0.497 e. The van der Waals surface area contributed by atoms with Crippen molar-refractivity contribution < 1.29 is 9.47 Å². The summed E-state index contributed by atoms with van der Waals surface area (Å²) in [5.74, 6) is 2.09. The molecule has 30 heavy (non-hydrogen) atoms. The number of rotatable bonds is 8. The highest BCUT2D eigenvalue weighted by molar-refractivity contribution is 7.80. The van der Waals surface area contributed by atoms with E-state index in [1.807, 2.05) is 24.3 Å². The Hall–Kier alpha value is -2.85. The van der Waals surface area contributed by atoms with Gasteiger partial charge in [0.2, 0.25) is 0 Å². The van der Waals surface area contributed by atoms with Crippen LogP contribution in [0.4, 0.5) is 5.69 Å². The van der Waals surface area contributed by atoms with E-state index in [2.05, 4.69) is 59.5 Å². The third-order valence-corrected chi connectivity index (χ3v) is 6.34. The Labute approximate surface area is 184 Å². The van der Waals surface area contributed by atoms with Gasteiger partial charge in [-0.2, -0.15) is 0 Å². The molecule has 154 valence electrons. The number of methoxy groups -OCH3 is 2. The van der Waals surface area contributed by atoms with Crippen LogP contribution in [0, 0.1) is 5.92 Å². The van der Waals surface area contributed by atoms with Crippen LogP contribution in [0.1, 0.15) is 30.0 Å². The van der Waals surface area contributed by atoms with Crippen molar-refractivity contribution in [3.8, 4) is 11.5 Å². The highest BCUT2D eigenvalue weighted by Crippen LogP contribution is 2.47. The molecule has 0 aliphatic carbocycles. The van der Waals surface area contributed by atoms with Crippen LogP contribution in [0.15, 0.2) is 78.9 Å². The summed E-state index contributed by atoms with van der Waals surface area (Å²) in [5, 5.41) is 0. The van der Waals surface area contributed by atoms with Crippen LogP contribution in [0.2, 0.25) is 0 Å². The zero-order valence-electron chi connectivity index (χ0n) is 17.5. The molecule has 4 heteroatoms. The Balaban J connectivity index is 1.54. The molecule has 0 radical (unpaired) electrons. The number of hydrogen-bond donors (Lipinski definition) is 0. The number of ether oxygens (including phenoxy) is 2. The molecule has 0 bridgehead atoms. The number of aryl methyl sites for hydroxylation is 1. The Morgan fingerprint density at radius 1 is 0.800 bits per heavy atom. The molecule has 3 nitrogen and oxygen atoms in total. The summed E-state index contributed by atoms with van der Waals surface area (Å²) in [5.41, 5.74) is 3.77. The SMILES string of the molecule is COc1ccc([C@@H]2[C@@H](CCCc3ccccc3)C(=S)N2c2ccc(OC)cc2)cc1. The van der Waals surface area contributed by atoms with E-state index in [9.17, 15) is 0 Å². The fourth-order valence-electron chi connectivity index (χ4n) is 4.21. The highest BCUT2D eigenvalue weighted by Gasteiger charge is 2.44. The smallest absolute Gasteiger partial charge is 0.119 e. The van der Waals surface area contributed by atoms with Crippen molar-refractivity contribution in [2.24, 2.45) is 5.92 Å². The molecular weight excluding hydrogens is 390 g/mol. The lowest BCUT2D eigenvalue weighted by Gasteiger charge is -2.50. The van der Waals surface area contributed by atoms with Crippen molar-refractivity contribution in [3.05, 3.63) is 90.0 Å². The Morgan fingerprint density at radius 2 is 1.40 bits per heavy atom. The molecule has 3 aromatic rings. The number of benzene rings is 3. The van der Waals surface area contributed by atoms with E-state index < -0.39 is 0 Å². The number of anilines is 1. The van der Waals surface area contributed by atoms with Gasteiger partial charge < -0.3 is 14.4 Å². The minimum absolute atomic E-state index is 0.243. The normalized spacial score (nSPS) is 18.1. The Bertz CT molecular complexity index is 970. The maximum Gasteiger partial charge on any atom is 0.119 e. The second-order valence-electron chi connectivity index (χ2n) is 7.61. The Kier molecular flexibility index (Phi) is 6.34. The van der Waals surface area contributed by atoms with Gasteiger partial charge in [-0.1, -0.05) is 54.7 Å². The first-order valence-corrected chi connectivity index (χ1v) is 10.8. The molecule has 0 amide bonds. The minimum Gasteiger partial charge on any atom is -0.497 e. The first kappa shape index (κ1) is 20.4. The molecule has 1 aliphatic heterocycles. The van der Waals surface area contributed by atoms with Crippen molar-refractivity contribution >= 4 is 22.9 Å². The van der Waals surface area contributed by atoms with Gasteiger partial charge in [0.05, 0.1) is 25.2 Å². The molecule has 1 saturated heterocycles. The van der Waals surface area contributed by atoms with Gasteiger partial charge in [-0.05, 0) is 66.8 Å². The first-order valence-electron chi connectivity index (χ1n) is 10.4. The van der Waals surface area contributed by atoms with Gasteiger partial charge in [-0.15, -0.1) is 0 Å². The summed E-state index contributed by atoms with van der Waals surface area (Å²) in [6.07, 6.45) is 3.28. The summed E-state index contributed by atoms with van der Waals surface area (Å²) in [6.45, 7) is 0. The van der Waals surface area contributed by atoms with E-state index in [0.29, 0.717) is 5.92 Å². The van der Waals surface area contributed by atoms with Gasteiger partial charge in [0, 0.05) is 11.6 Å². The molecule has 1 heterocycles. The van der Waals surface area contributed by atoms with E-state index in [1.165, 1.54) is 11.1 Å². The maximum absolute atomic E-state index is 5.90. The first-order chi connectivity index (χ1) is 14.7. The van der Waals surface area contributed by atoms with Crippen LogP contribution in [0.5, 0.6) is 11.5 Å². The van der Waals surface area contributed by atoms with Crippen LogP contribution in [-0.4, -0.2) is 19.2 Å². The van der Waals surface area contributed by atoms with Crippen molar-refractivity contribution in [1.29, 1.82) is 0 Å². The summed E-state index contributed by atoms with van der Waals surface area (Å²) in [7, 11) is 3.38. The molecule has 0 saturated carbocycles. The zero-order valence-corrected chi connectivity index (χ0v) is 18.3. The lowest BCUT2D eigenvalue weighted by molar-refractivity contribution is 0.411. The summed E-state index contributed by atoms with van der Waals surface area (Å²) in [4.78, 5) is 3.30. The van der Waals surface area contributed by atoms with Gasteiger partial charge >= 0.3 is 0 Å². The molecule has 1 aliphatic rings. The van der Waals surface area contributed by atoms with E-state index in [4.69, 9.17) is 21.7 Å². The monoisotopic (exact) mass is 417 g/mol. The van der Waals surface area contributed by atoms with Gasteiger partial charge in [-0.25, -0.2) is 0 Å². The summed E-state index contributed by atoms with van der Waals surface area (Å²) >= 11 is 5.90. The molecule has 3 aromatic carbocycles. The fraction of sp³-hybridized carbons (Fsp3) is 0.269. The highest BCUT2D eigenvalue weighted by atomic mass is 32.1. The average molecular weight is 418 g/mol. The fourth-order valence-corrected chi connectivity index (χ4v) is 4.68. The average Bonchev–Trinajstić information content (AvgIpc) is 2.81. The molecule has 0 unspecified atom stereocenters. The number of nitrogens with zero attached hydrogens (tertiary/aromatic N) is 1. The number of hydrogen-bond acceptors (Lipinski definition) is 3. The third-order valence-electron chi connectivity index (χ3n) is 5.85. The maximum atomic E-state index is 5.90. The van der Waals surface area contributed by atoms with Crippen molar-refractivity contribution in [3.63, 3.8) is 0 Å². The van der Waals surface area contributed by atoms with E-state index in [-0.39, 0.29) is 6.04 Å². The van der Waals surface area contributed by atoms with E-state index in [0.717, 1.165) is 41.4 Å². The van der Waals surface area contributed by atoms with Gasteiger partial charge in [0.25, 0.3) is 0 Å². The van der Waals surface area contributed by atoms with Crippen LogP contribution >= 0.6 is 12.2 Å². The van der Waals surface area contributed by atoms with Crippen molar-refractivity contribution in [1.82, 2.24) is 0 Å². The summed E-state index contributed by atoms with van der Waals surface area (Å²) in [6, 6.07) is 27.5. The zero-order chi connectivity index (χ0) is 20.9. The van der Waals surface area contributed by atoms with Gasteiger partial charge in [0.1, 0.15) is 11.5 Å². The van der Waals surface area contributed by atoms with Crippen LogP contribution in [0.3, 0.4) is 0 Å². The quantitative estimate of drug-likeness (QED) is 0.405. The van der Waals surface area contributed by atoms with E-state index >= 15 is 0 Å². The second-order valence-corrected chi connectivity index (χ2v) is 8.03. The van der Waals surface area contributed by atoms with Gasteiger partial charge in [-0.3, -0.25) is 0 Å². The van der Waals surface area contributed by atoms with Crippen LogP contribution in [0.25, 0.3) is 0 Å². The molecule has 2 atom stereocenters. The predicted molar refractivity (Wildman–Crippen MR) is 127 cm³/mol. The standard InChI is InChI=1S/C26H27NO2S/c1-28-22-15-11-20(12-16-22)25-24(10-6-9-19-7-4-3-5-8-19)26(30)27(25)21-13-17-23(29-2)18-14-21/h3-5,7-8,11-18,24-25H,6,9-10H2,1-2H3/t24-,25-/m1/s1. The predicted octanol–water partition coefficient (Wildman–Crippen LogP) is 6.23. The third kappa shape index (κ3) is 4.19. The summed E-state index contributed by atoms with van der Waals surface area (Å²) < 4.78 is 10.7. The molecule has 0 N–H and O–H groups in total.